The first-order chi connectivity index (χ1) is 12.1. The van der Waals surface area contributed by atoms with Crippen molar-refractivity contribution in [3.63, 3.8) is 0 Å². The maximum atomic E-state index is 14.3. The molecule has 128 valence electrons. The molecule has 0 saturated heterocycles. The Balaban J connectivity index is 1.94. The van der Waals surface area contributed by atoms with Gasteiger partial charge in [-0.3, -0.25) is 9.80 Å². The molecule has 0 aliphatic carbocycles. The van der Waals surface area contributed by atoms with Crippen molar-refractivity contribution in [3.8, 4) is 0 Å². The largest absolute Gasteiger partial charge is 0.300 e. The van der Waals surface area contributed by atoms with Crippen LogP contribution in [0.2, 0.25) is 0 Å². The van der Waals surface area contributed by atoms with E-state index >= 15 is 0 Å². The number of nitrogens with zero attached hydrogens (tertiary/aromatic N) is 3. The minimum Gasteiger partial charge on any atom is -0.300 e. The van der Waals surface area contributed by atoms with Crippen molar-refractivity contribution in [2.24, 2.45) is 0 Å². The molecule has 0 spiro atoms. The molecule has 5 heteroatoms. The Kier molecular flexibility index (Phi) is 3.79. The summed E-state index contributed by atoms with van der Waals surface area (Å²) in [5.74, 6) is 0.277. The minimum absolute atomic E-state index is 0.0607. The highest BCUT2D eigenvalue weighted by molar-refractivity contribution is 5.78. The Labute approximate surface area is 145 Å². The Morgan fingerprint density at radius 3 is 2.44 bits per heavy atom. The number of hydrogen-bond acceptors (Lipinski definition) is 3. The van der Waals surface area contributed by atoms with Gasteiger partial charge in [0.25, 0.3) is 5.56 Å². The van der Waals surface area contributed by atoms with Gasteiger partial charge < -0.3 is 0 Å². The lowest BCUT2D eigenvalue weighted by atomic mass is 10.1. The second kappa shape index (κ2) is 5.99. The van der Waals surface area contributed by atoms with Gasteiger partial charge in [-0.05, 0) is 29.7 Å². The number of rotatable bonds is 3. The van der Waals surface area contributed by atoms with Crippen LogP contribution in [0, 0.1) is 5.82 Å². The molecular formula is C20H20FN3O. The van der Waals surface area contributed by atoms with E-state index in [1.807, 2.05) is 24.1 Å². The van der Waals surface area contributed by atoms with Gasteiger partial charge in [0.05, 0.1) is 18.6 Å². The van der Waals surface area contributed by atoms with Crippen molar-refractivity contribution in [2.75, 3.05) is 5.01 Å². The Bertz CT molecular complexity index is 986. The van der Waals surface area contributed by atoms with E-state index < -0.39 is 5.82 Å². The van der Waals surface area contributed by atoms with Crippen molar-refractivity contribution >= 4 is 10.9 Å². The summed E-state index contributed by atoms with van der Waals surface area (Å²) in [6.07, 6.45) is 0.855. The maximum Gasteiger partial charge on any atom is 0.283 e. The van der Waals surface area contributed by atoms with E-state index in [4.69, 9.17) is 0 Å². The first-order valence-electron chi connectivity index (χ1n) is 8.63. The Morgan fingerprint density at radius 2 is 1.80 bits per heavy atom. The molecule has 0 unspecified atom stereocenters. The molecule has 0 radical (unpaired) electrons. The van der Waals surface area contributed by atoms with E-state index in [0.29, 0.717) is 24.4 Å². The smallest absolute Gasteiger partial charge is 0.283 e. The third kappa shape index (κ3) is 2.51. The normalized spacial score (nSPS) is 14.8. The Morgan fingerprint density at radius 1 is 1.12 bits per heavy atom. The van der Waals surface area contributed by atoms with Crippen molar-refractivity contribution in [1.29, 1.82) is 0 Å². The molecule has 0 amide bonds. The van der Waals surface area contributed by atoms with Crippen LogP contribution in [-0.2, 0) is 13.1 Å². The lowest BCUT2D eigenvalue weighted by Gasteiger charge is -2.26. The molecule has 4 rings (SSSR count). The average Bonchev–Trinajstić information content (AvgIpc) is 3.04. The van der Waals surface area contributed by atoms with Gasteiger partial charge in [0.15, 0.2) is 0 Å². The number of benzene rings is 2. The van der Waals surface area contributed by atoms with Crippen LogP contribution in [-0.4, -0.2) is 9.66 Å². The first kappa shape index (κ1) is 15.8. The molecule has 2 aromatic carbocycles. The summed E-state index contributed by atoms with van der Waals surface area (Å²) < 4.78 is 15.9. The lowest BCUT2D eigenvalue weighted by molar-refractivity contribution is 0.519. The highest BCUT2D eigenvalue weighted by Crippen LogP contribution is 2.25. The molecule has 0 N–H and O–H groups in total. The molecule has 0 fully saturated rings. The van der Waals surface area contributed by atoms with E-state index in [0.717, 1.165) is 6.42 Å². The van der Waals surface area contributed by atoms with Gasteiger partial charge in [-0.25, -0.2) is 14.1 Å². The molecule has 1 aromatic heterocycles. The molecule has 2 heterocycles. The fourth-order valence-electron chi connectivity index (χ4n) is 3.43. The fourth-order valence-corrected chi connectivity index (χ4v) is 3.43. The van der Waals surface area contributed by atoms with Gasteiger partial charge in [0.2, 0.25) is 0 Å². The fraction of sp³-hybridized carbons (Fsp3) is 0.300. The van der Waals surface area contributed by atoms with Gasteiger partial charge in [-0.15, -0.1) is 0 Å². The van der Waals surface area contributed by atoms with Crippen LogP contribution in [0.15, 0.2) is 47.3 Å². The average molecular weight is 337 g/mol. The SMILES string of the molecule is CC[C@H](C)c1nc2cccc(F)c2c(=O)n1N1Cc2ccccc2C1. The van der Waals surface area contributed by atoms with Gasteiger partial charge in [0.1, 0.15) is 17.0 Å². The molecular weight excluding hydrogens is 317 g/mol. The summed E-state index contributed by atoms with van der Waals surface area (Å²) in [7, 11) is 0. The second-order valence-corrected chi connectivity index (χ2v) is 6.62. The summed E-state index contributed by atoms with van der Waals surface area (Å²) in [5.41, 5.74) is 2.48. The molecule has 1 aliphatic rings. The summed E-state index contributed by atoms with van der Waals surface area (Å²) in [4.78, 5) is 17.8. The number of hydrogen-bond donors (Lipinski definition) is 0. The van der Waals surface area contributed by atoms with Crippen LogP contribution in [0.25, 0.3) is 10.9 Å². The van der Waals surface area contributed by atoms with Gasteiger partial charge in [-0.2, -0.15) is 0 Å². The topological polar surface area (TPSA) is 38.1 Å². The van der Waals surface area contributed by atoms with Crippen LogP contribution in [0.3, 0.4) is 0 Å². The monoisotopic (exact) mass is 337 g/mol. The van der Waals surface area contributed by atoms with E-state index in [-0.39, 0.29) is 16.9 Å². The van der Waals surface area contributed by atoms with Crippen LogP contribution in [0.5, 0.6) is 0 Å². The quantitative estimate of drug-likeness (QED) is 0.731. The molecule has 1 aliphatic heterocycles. The summed E-state index contributed by atoms with van der Waals surface area (Å²) in [6.45, 7) is 5.37. The molecule has 0 bridgehead atoms. The lowest BCUT2D eigenvalue weighted by Crippen LogP contribution is -2.42. The summed E-state index contributed by atoms with van der Waals surface area (Å²) in [5, 5.41) is 2.03. The van der Waals surface area contributed by atoms with Crippen molar-refractivity contribution in [3.05, 3.63) is 75.6 Å². The highest BCUT2D eigenvalue weighted by Gasteiger charge is 2.25. The molecule has 3 aromatic rings. The van der Waals surface area contributed by atoms with Crippen molar-refractivity contribution in [2.45, 2.75) is 39.3 Å². The number of halogens is 1. The van der Waals surface area contributed by atoms with Crippen molar-refractivity contribution in [1.82, 2.24) is 9.66 Å². The maximum absolute atomic E-state index is 14.3. The number of aromatic nitrogens is 2. The van der Waals surface area contributed by atoms with Crippen LogP contribution >= 0.6 is 0 Å². The van der Waals surface area contributed by atoms with E-state index in [1.165, 1.54) is 17.2 Å². The standard InChI is InChI=1S/C20H20FN3O/c1-3-13(2)19-22-17-10-6-9-16(21)18(17)20(25)24(19)23-11-14-7-4-5-8-15(14)12-23/h4-10,13H,3,11-12H2,1-2H3/t13-/m0/s1. The molecule has 4 nitrogen and oxygen atoms in total. The van der Waals surface area contributed by atoms with E-state index in [2.05, 4.69) is 24.0 Å². The Hall–Kier alpha value is -2.69. The van der Waals surface area contributed by atoms with E-state index in [9.17, 15) is 9.18 Å². The molecule has 25 heavy (non-hydrogen) atoms. The van der Waals surface area contributed by atoms with Crippen LogP contribution < -0.4 is 10.6 Å². The first-order valence-corrected chi connectivity index (χ1v) is 8.63. The third-order valence-electron chi connectivity index (χ3n) is 5.01. The van der Waals surface area contributed by atoms with Crippen molar-refractivity contribution < 1.29 is 4.39 Å². The summed E-state index contributed by atoms with van der Waals surface area (Å²) >= 11 is 0. The summed E-state index contributed by atoms with van der Waals surface area (Å²) in [6, 6.07) is 12.8. The predicted octanol–water partition coefficient (Wildman–Crippen LogP) is 3.70. The van der Waals surface area contributed by atoms with Crippen LogP contribution in [0.1, 0.15) is 43.1 Å². The van der Waals surface area contributed by atoms with Gasteiger partial charge in [0, 0.05) is 5.92 Å². The van der Waals surface area contributed by atoms with Crippen LogP contribution in [0.4, 0.5) is 4.39 Å². The molecule has 0 saturated carbocycles. The van der Waals surface area contributed by atoms with E-state index in [1.54, 1.807) is 16.8 Å². The minimum atomic E-state index is -0.517. The zero-order valence-electron chi connectivity index (χ0n) is 14.4. The molecule has 1 atom stereocenters. The van der Waals surface area contributed by atoms with Gasteiger partial charge >= 0.3 is 0 Å². The third-order valence-corrected chi connectivity index (χ3v) is 5.01. The number of fused-ring (bicyclic) bond motifs is 2. The predicted molar refractivity (Wildman–Crippen MR) is 96.7 cm³/mol. The van der Waals surface area contributed by atoms with Gasteiger partial charge in [-0.1, -0.05) is 44.2 Å². The highest BCUT2D eigenvalue weighted by atomic mass is 19.1. The zero-order chi connectivity index (χ0) is 17.6. The second-order valence-electron chi connectivity index (χ2n) is 6.62. The zero-order valence-corrected chi connectivity index (χ0v) is 14.4.